The Hall–Kier alpha value is -2.26. The highest BCUT2D eigenvalue weighted by Gasteiger charge is 2.32. The topological polar surface area (TPSA) is 129 Å². The Morgan fingerprint density at radius 3 is 1.82 bits per heavy atom. The zero-order valence-corrected chi connectivity index (χ0v) is 20.9. The largest absolute Gasteiger partial charge is 0.438 e. The van der Waals surface area contributed by atoms with Gasteiger partial charge in [0, 0.05) is 0 Å². The molecule has 1 atom stereocenters. The van der Waals surface area contributed by atoms with Crippen molar-refractivity contribution in [2.24, 2.45) is 10.8 Å². The third kappa shape index (κ3) is 10.0. The fourth-order valence-electron chi connectivity index (χ4n) is 2.40. The van der Waals surface area contributed by atoms with Gasteiger partial charge in [0.25, 0.3) is 0 Å². The van der Waals surface area contributed by atoms with Gasteiger partial charge in [0.05, 0.1) is 23.0 Å². The number of carbonyl (C=O) groups is 3. The number of amides is 1. The highest BCUT2D eigenvalue weighted by Crippen LogP contribution is 2.50. The minimum Gasteiger partial charge on any atom is -0.438 e. The van der Waals surface area contributed by atoms with Gasteiger partial charge in [0.2, 0.25) is 20.0 Å². The molecule has 0 fully saturated rings. The summed E-state index contributed by atoms with van der Waals surface area (Å²) in [5.74, 6) is -1.14. The first-order valence-corrected chi connectivity index (χ1v) is 12.1. The maximum atomic E-state index is 13.3. The van der Waals surface area contributed by atoms with Crippen LogP contribution in [0.4, 0.5) is 0 Å². The fourth-order valence-corrected chi connectivity index (χ4v) is 3.72. The molecule has 0 saturated carbocycles. The Labute approximate surface area is 194 Å². The van der Waals surface area contributed by atoms with Gasteiger partial charge < -0.3 is 9.47 Å². The molecule has 10 nitrogen and oxygen atoms in total. The van der Waals surface area contributed by atoms with Gasteiger partial charge in [-0.1, -0.05) is 30.3 Å². The Bertz CT molecular complexity index is 795. The van der Waals surface area contributed by atoms with Gasteiger partial charge in [0.1, 0.15) is 0 Å². The smallest absolute Gasteiger partial charge is 0.336 e. The van der Waals surface area contributed by atoms with E-state index in [9.17, 15) is 24.2 Å². The molecule has 0 heterocycles. The molecule has 0 bridgehead atoms. The van der Waals surface area contributed by atoms with Crippen molar-refractivity contribution in [3.05, 3.63) is 35.9 Å². The van der Waals surface area contributed by atoms with Crippen LogP contribution in [-0.4, -0.2) is 48.4 Å². The molecule has 0 aliphatic heterocycles. The van der Waals surface area contributed by atoms with Gasteiger partial charge in [-0.15, -0.1) is 0 Å². The number of benzene rings is 1. The summed E-state index contributed by atoms with van der Waals surface area (Å²) in [4.78, 5) is 35.1. The van der Waals surface area contributed by atoms with Crippen molar-refractivity contribution in [1.29, 1.82) is 0 Å². The van der Waals surface area contributed by atoms with E-state index in [0.29, 0.717) is 10.6 Å². The third-order valence-electron chi connectivity index (χ3n) is 4.39. The van der Waals surface area contributed by atoms with E-state index in [1.54, 1.807) is 71.9 Å². The van der Waals surface area contributed by atoms with Crippen molar-refractivity contribution in [3.63, 3.8) is 0 Å². The van der Waals surface area contributed by atoms with Crippen molar-refractivity contribution < 1.29 is 42.7 Å². The first kappa shape index (κ1) is 28.8. The Balaban J connectivity index is 2.92. The van der Waals surface area contributed by atoms with Crippen LogP contribution >= 0.6 is 7.60 Å². The van der Waals surface area contributed by atoms with Crippen LogP contribution in [0.2, 0.25) is 0 Å². The number of rotatable bonds is 12. The summed E-state index contributed by atoms with van der Waals surface area (Å²) >= 11 is 0. The number of hydrogen-bond acceptors (Lipinski definition) is 9. The minimum atomic E-state index is -3.97. The second-order valence-electron chi connectivity index (χ2n) is 9.39. The standard InChI is InChI=1S/C22H34NO9P/c1-21(2,3)19(25)29-15-31-33(28,32-16-30-20(26)22(4,5)6)13-12-18(23(27)14-24)17-10-8-7-9-11-17/h7-11,14,18,27H,12-13,15-16H2,1-6H3. The number of hydrogen-bond donors (Lipinski definition) is 1. The zero-order valence-electron chi connectivity index (χ0n) is 20.0. The van der Waals surface area contributed by atoms with E-state index < -0.39 is 50.0 Å². The van der Waals surface area contributed by atoms with E-state index in [1.165, 1.54) is 0 Å². The van der Waals surface area contributed by atoms with Crippen LogP contribution in [0.15, 0.2) is 30.3 Å². The molecule has 1 N–H and O–H groups in total. The normalized spacial score (nSPS) is 13.2. The Kier molecular flexibility index (Phi) is 10.7. The van der Waals surface area contributed by atoms with Gasteiger partial charge in [-0.3, -0.25) is 33.2 Å². The SMILES string of the molecule is CC(C)(C)C(=O)OCOP(=O)(CCC(c1ccccc1)N(O)C=O)OCOC(=O)C(C)(C)C. The van der Waals surface area contributed by atoms with Crippen molar-refractivity contribution >= 4 is 25.9 Å². The summed E-state index contributed by atoms with van der Waals surface area (Å²) in [5, 5.41) is 10.5. The first-order valence-electron chi connectivity index (χ1n) is 10.4. The van der Waals surface area contributed by atoms with Crippen molar-refractivity contribution in [2.45, 2.75) is 54.0 Å². The van der Waals surface area contributed by atoms with Crippen LogP contribution in [0.5, 0.6) is 0 Å². The van der Waals surface area contributed by atoms with E-state index in [2.05, 4.69) is 0 Å². The molecule has 0 spiro atoms. The molecule has 186 valence electrons. The van der Waals surface area contributed by atoms with Gasteiger partial charge in [-0.25, -0.2) is 5.06 Å². The molecule has 1 unspecified atom stereocenters. The van der Waals surface area contributed by atoms with E-state index in [4.69, 9.17) is 18.5 Å². The quantitative estimate of drug-likeness (QED) is 0.115. The zero-order chi connectivity index (χ0) is 25.3. The van der Waals surface area contributed by atoms with E-state index >= 15 is 0 Å². The summed E-state index contributed by atoms with van der Waals surface area (Å²) in [7, 11) is -3.97. The maximum absolute atomic E-state index is 13.3. The molecule has 11 heteroatoms. The van der Waals surface area contributed by atoms with E-state index in [-0.39, 0.29) is 19.0 Å². The van der Waals surface area contributed by atoms with Crippen LogP contribution in [0.3, 0.4) is 0 Å². The highest BCUT2D eigenvalue weighted by molar-refractivity contribution is 7.53. The van der Waals surface area contributed by atoms with Crippen molar-refractivity contribution in [2.75, 3.05) is 19.7 Å². The summed E-state index contributed by atoms with van der Waals surface area (Å²) in [6, 6.07) is 7.78. The predicted octanol–water partition coefficient (Wildman–Crippen LogP) is 4.29. The number of hydroxylamine groups is 2. The monoisotopic (exact) mass is 487 g/mol. The lowest BCUT2D eigenvalue weighted by atomic mass is 9.98. The Morgan fingerprint density at radius 2 is 1.42 bits per heavy atom. The molecule has 0 aliphatic carbocycles. The van der Waals surface area contributed by atoms with Crippen LogP contribution in [0.25, 0.3) is 0 Å². The summed E-state index contributed by atoms with van der Waals surface area (Å²) in [5.41, 5.74) is -0.996. The van der Waals surface area contributed by atoms with Crippen LogP contribution in [-0.2, 0) is 37.5 Å². The third-order valence-corrected chi connectivity index (χ3v) is 6.20. The second-order valence-corrected chi connectivity index (χ2v) is 11.6. The molecular weight excluding hydrogens is 453 g/mol. The predicted molar refractivity (Wildman–Crippen MR) is 119 cm³/mol. The van der Waals surface area contributed by atoms with Gasteiger partial charge >= 0.3 is 19.5 Å². The lowest BCUT2D eigenvalue weighted by Gasteiger charge is -2.26. The van der Waals surface area contributed by atoms with Crippen LogP contribution < -0.4 is 0 Å². The second kappa shape index (κ2) is 12.3. The highest BCUT2D eigenvalue weighted by atomic mass is 31.2. The van der Waals surface area contributed by atoms with Crippen LogP contribution in [0, 0.1) is 10.8 Å². The van der Waals surface area contributed by atoms with Gasteiger partial charge in [0.15, 0.2) is 0 Å². The average Bonchev–Trinajstić information content (AvgIpc) is 2.73. The fraction of sp³-hybridized carbons (Fsp3) is 0.591. The first-order chi connectivity index (χ1) is 15.2. The number of nitrogens with zero attached hydrogens (tertiary/aromatic N) is 1. The molecule has 1 amide bonds. The Morgan fingerprint density at radius 1 is 0.970 bits per heavy atom. The molecule has 0 aliphatic rings. The van der Waals surface area contributed by atoms with Crippen molar-refractivity contribution in [3.8, 4) is 0 Å². The molecule has 0 aromatic heterocycles. The van der Waals surface area contributed by atoms with Crippen LogP contribution in [0.1, 0.15) is 59.6 Å². The number of carbonyl (C=O) groups excluding carboxylic acids is 3. The summed E-state index contributed by atoms with van der Waals surface area (Å²) < 4.78 is 33.9. The van der Waals surface area contributed by atoms with Crippen molar-refractivity contribution in [1.82, 2.24) is 5.06 Å². The molecule has 0 saturated heterocycles. The lowest BCUT2D eigenvalue weighted by Crippen LogP contribution is -2.26. The average molecular weight is 487 g/mol. The summed E-state index contributed by atoms with van der Waals surface area (Å²) in [6.45, 7) is 8.61. The van der Waals surface area contributed by atoms with Gasteiger partial charge in [-0.05, 0) is 53.5 Å². The molecule has 1 rings (SSSR count). The minimum absolute atomic E-state index is 0.0169. The molecule has 33 heavy (non-hydrogen) atoms. The lowest BCUT2D eigenvalue weighted by molar-refractivity contribution is -0.163. The maximum Gasteiger partial charge on any atom is 0.336 e. The van der Waals surface area contributed by atoms with E-state index in [0.717, 1.165) is 0 Å². The number of ether oxygens (including phenoxy) is 2. The molecular formula is C22H34NO9P. The summed E-state index contributed by atoms with van der Waals surface area (Å²) in [6.07, 6.45) is -0.0465. The molecule has 1 aromatic rings. The van der Waals surface area contributed by atoms with Gasteiger partial charge in [-0.2, -0.15) is 0 Å². The van der Waals surface area contributed by atoms with E-state index in [1.807, 2.05) is 0 Å². The molecule has 1 aromatic carbocycles. The molecule has 0 radical (unpaired) electrons. The number of esters is 2.